The van der Waals surface area contributed by atoms with E-state index in [4.69, 9.17) is 5.53 Å². The first-order chi connectivity index (χ1) is 5.72. The fourth-order valence-electron chi connectivity index (χ4n) is 1.57. The fourth-order valence-corrected chi connectivity index (χ4v) is 1.57. The van der Waals surface area contributed by atoms with E-state index < -0.39 is 0 Å². The molecule has 1 radical (unpaired) electrons. The van der Waals surface area contributed by atoms with E-state index in [1.807, 2.05) is 0 Å². The summed E-state index contributed by atoms with van der Waals surface area (Å²) in [5.41, 5.74) is 8.23. The Morgan fingerprint density at radius 2 is 2.42 bits per heavy atom. The van der Waals surface area contributed by atoms with Gasteiger partial charge in [-0.15, -0.1) is 0 Å². The van der Waals surface area contributed by atoms with Gasteiger partial charge in [0, 0.05) is 18.0 Å². The van der Waals surface area contributed by atoms with E-state index >= 15 is 0 Å². The first-order valence-electron chi connectivity index (χ1n) is 4.28. The lowest BCUT2D eigenvalue weighted by molar-refractivity contribution is 0.347. The van der Waals surface area contributed by atoms with E-state index in [1.165, 1.54) is 5.92 Å². The van der Waals surface area contributed by atoms with Crippen molar-refractivity contribution >= 4 is 0 Å². The Hall–Kier alpha value is -0.730. The molecule has 0 unspecified atom stereocenters. The van der Waals surface area contributed by atoms with Crippen LogP contribution >= 0.6 is 0 Å². The molecule has 0 aromatic rings. The van der Waals surface area contributed by atoms with Crippen LogP contribution in [-0.4, -0.2) is 30.6 Å². The molecular formula is C8H15N4. The molecule has 1 fully saturated rings. The molecule has 12 heavy (non-hydrogen) atoms. The molecule has 0 aromatic heterocycles. The summed E-state index contributed by atoms with van der Waals surface area (Å²) in [5, 5.41) is 3.71. The molecule has 67 valence electrons. The highest BCUT2D eigenvalue weighted by Gasteiger charge is 2.21. The van der Waals surface area contributed by atoms with Gasteiger partial charge in [-0.05, 0) is 24.4 Å². The minimum Gasteiger partial charge on any atom is -0.302 e. The van der Waals surface area contributed by atoms with E-state index in [9.17, 15) is 0 Å². The topological polar surface area (TPSA) is 52.0 Å². The molecule has 1 saturated heterocycles. The maximum absolute atomic E-state index is 8.23. The van der Waals surface area contributed by atoms with Crippen LogP contribution in [0.25, 0.3) is 10.4 Å². The molecule has 0 spiro atoms. The predicted octanol–water partition coefficient (Wildman–Crippen LogP) is 1.99. The highest BCUT2D eigenvalue weighted by molar-refractivity contribution is 4.88. The van der Waals surface area contributed by atoms with Crippen molar-refractivity contribution in [1.82, 2.24) is 4.90 Å². The Kier molecular flexibility index (Phi) is 3.38. The summed E-state index contributed by atoms with van der Waals surface area (Å²) in [6.07, 6.45) is 1.01. The molecule has 0 saturated carbocycles. The molecule has 1 rings (SSSR count). The summed E-state index contributed by atoms with van der Waals surface area (Å²) in [5.74, 6) is 1.41. The first-order valence-corrected chi connectivity index (χ1v) is 4.28. The predicted molar refractivity (Wildman–Crippen MR) is 48.6 cm³/mol. The summed E-state index contributed by atoms with van der Waals surface area (Å²) < 4.78 is 0. The minimum absolute atomic E-state index is 0.203. The number of azide groups is 1. The molecule has 1 aliphatic heterocycles. The van der Waals surface area contributed by atoms with E-state index in [2.05, 4.69) is 28.8 Å². The van der Waals surface area contributed by atoms with Crippen LogP contribution < -0.4 is 0 Å². The van der Waals surface area contributed by atoms with Gasteiger partial charge >= 0.3 is 0 Å². The molecule has 1 atom stereocenters. The zero-order valence-corrected chi connectivity index (χ0v) is 7.69. The summed E-state index contributed by atoms with van der Waals surface area (Å²) in [6, 6.07) is 0.203. The van der Waals surface area contributed by atoms with E-state index in [-0.39, 0.29) is 6.04 Å². The second-order valence-electron chi connectivity index (χ2n) is 3.59. The second kappa shape index (κ2) is 4.33. The van der Waals surface area contributed by atoms with Gasteiger partial charge in [-0.25, -0.2) is 0 Å². The van der Waals surface area contributed by atoms with Gasteiger partial charge in [0.05, 0.1) is 6.04 Å². The van der Waals surface area contributed by atoms with Crippen molar-refractivity contribution in [1.29, 1.82) is 0 Å². The van der Waals surface area contributed by atoms with Gasteiger partial charge < -0.3 is 4.90 Å². The Morgan fingerprint density at radius 1 is 1.67 bits per heavy atom. The van der Waals surface area contributed by atoms with Crippen molar-refractivity contribution < 1.29 is 0 Å². The Morgan fingerprint density at radius 3 is 3.00 bits per heavy atom. The van der Waals surface area contributed by atoms with Gasteiger partial charge in [0.25, 0.3) is 0 Å². The molecule has 0 amide bonds. The van der Waals surface area contributed by atoms with Crippen molar-refractivity contribution in [3.8, 4) is 0 Å². The lowest BCUT2D eigenvalue weighted by atomic mass is 10.2. The molecule has 0 bridgehead atoms. The zero-order chi connectivity index (χ0) is 8.97. The second-order valence-corrected chi connectivity index (χ2v) is 3.59. The molecule has 1 heterocycles. The molecule has 0 aliphatic carbocycles. The summed E-state index contributed by atoms with van der Waals surface area (Å²) in [4.78, 5) is 5.15. The van der Waals surface area contributed by atoms with Crippen molar-refractivity contribution in [3.63, 3.8) is 0 Å². The van der Waals surface area contributed by atoms with Crippen molar-refractivity contribution in [2.24, 2.45) is 5.11 Å². The standard InChI is InChI=1S/C8H15N4/c1-7(2)5-12-4-3-8(6-12)10-11-9/h8H,3-6H2,1-2H3/t8-/m1/s1. The lowest BCUT2D eigenvalue weighted by Crippen LogP contribution is -2.25. The van der Waals surface area contributed by atoms with Crippen LogP contribution in [-0.2, 0) is 0 Å². The molecular weight excluding hydrogens is 152 g/mol. The normalized spacial score (nSPS) is 24.4. The van der Waals surface area contributed by atoms with E-state index in [0.29, 0.717) is 0 Å². The number of likely N-dealkylation sites (tertiary alicyclic amines) is 1. The smallest absolute Gasteiger partial charge is 0.0513 e. The molecule has 1 aliphatic rings. The Labute approximate surface area is 73.2 Å². The average molecular weight is 167 g/mol. The van der Waals surface area contributed by atoms with Gasteiger partial charge in [0.15, 0.2) is 0 Å². The largest absolute Gasteiger partial charge is 0.302 e. The quantitative estimate of drug-likeness (QED) is 0.360. The number of hydrogen-bond donors (Lipinski definition) is 0. The summed E-state index contributed by atoms with van der Waals surface area (Å²) >= 11 is 0. The highest BCUT2D eigenvalue weighted by atomic mass is 15.2. The van der Waals surface area contributed by atoms with E-state index in [1.54, 1.807) is 0 Å². The van der Waals surface area contributed by atoms with Gasteiger partial charge in [0.1, 0.15) is 0 Å². The Balaban J connectivity index is 2.30. The summed E-state index contributed by atoms with van der Waals surface area (Å²) in [6.45, 7) is 7.28. The van der Waals surface area contributed by atoms with Crippen molar-refractivity contribution in [2.75, 3.05) is 19.6 Å². The third-order valence-corrected chi connectivity index (χ3v) is 2.00. The molecule has 0 aromatic carbocycles. The van der Waals surface area contributed by atoms with Crippen LogP contribution in [0, 0.1) is 5.92 Å². The summed E-state index contributed by atoms with van der Waals surface area (Å²) in [7, 11) is 0. The van der Waals surface area contributed by atoms with Gasteiger partial charge in [-0.3, -0.25) is 0 Å². The third kappa shape index (κ3) is 2.72. The van der Waals surface area contributed by atoms with Gasteiger partial charge in [0.2, 0.25) is 0 Å². The van der Waals surface area contributed by atoms with Crippen molar-refractivity contribution in [3.05, 3.63) is 16.4 Å². The minimum atomic E-state index is 0.203. The van der Waals surface area contributed by atoms with Crippen LogP contribution in [0.5, 0.6) is 0 Å². The number of rotatable bonds is 3. The Bertz CT molecular complexity index is 183. The highest BCUT2D eigenvalue weighted by Crippen LogP contribution is 2.14. The maximum atomic E-state index is 8.23. The molecule has 4 nitrogen and oxygen atoms in total. The van der Waals surface area contributed by atoms with Crippen LogP contribution in [0.15, 0.2) is 5.11 Å². The molecule has 0 N–H and O–H groups in total. The van der Waals surface area contributed by atoms with E-state index in [0.717, 1.165) is 26.1 Å². The van der Waals surface area contributed by atoms with Crippen LogP contribution in [0.2, 0.25) is 0 Å². The van der Waals surface area contributed by atoms with Crippen LogP contribution in [0.4, 0.5) is 0 Å². The monoisotopic (exact) mass is 167 g/mol. The van der Waals surface area contributed by atoms with Gasteiger partial charge in [-0.1, -0.05) is 19.0 Å². The SMILES string of the molecule is C[C](C)CN1CC[C@@H](N=[N+]=[N-])C1. The third-order valence-electron chi connectivity index (χ3n) is 2.00. The lowest BCUT2D eigenvalue weighted by Gasteiger charge is -2.16. The van der Waals surface area contributed by atoms with Gasteiger partial charge in [-0.2, -0.15) is 0 Å². The average Bonchev–Trinajstić information content (AvgIpc) is 2.36. The first kappa shape index (κ1) is 9.36. The molecule has 4 heteroatoms. The fraction of sp³-hybridized carbons (Fsp3) is 0.875. The number of nitrogens with zero attached hydrogens (tertiary/aromatic N) is 4. The maximum Gasteiger partial charge on any atom is 0.0513 e. The van der Waals surface area contributed by atoms with Crippen LogP contribution in [0.1, 0.15) is 20.3 Å². The van der Waals surface area contributed by atoms with Crippen molar-refractivity contribution in [2.45, 2.75) is 26.3 Å². The number of hydrogen-bond acceptors (Lipinski definition) is 2. The zero-order valence-electron chi connectivity index (χ0n) is 7.69. The van der Waals surface area contributed by atoms with Crippen LogP contribution in [0.3, 0.4) is 0 Å².